The number of hydrogen-bond donors (Lipinski definition) is 2. The van der Waals surface area contributed by atoms with Crippen LogP contribution in [-0.2, 0) is 12.4 Å². The van der Waals surface area contributed by atoms with Gasteiger partial charge < -0.3 is 10.6 Å². The van der Waals surface area contributed by atoms with Gasteiger partial charge in [-0.05, 0) is 54.8 Å². The molecule has 200 valence electrons. The minimum atomic E-state index is -5.07. The number of aromatic nitrogens is 2. The van der Waals surface area contributed by atoms with Crippen molar-refractivity contribution in [1.82, 2.24) is 15.3 Å². The molecule has 0 radical (unpaired) electrons. The van der Waals surface area contributed by atoms with Gasteiger partial charge in [0.25, 0.3) is 11.8 Å². The van der Waals surface area contributed by atoms with Crippen molar-refractivity contribution in [1.29, 1.82) is 0 Å². The average molecular weight is 536 g/mol. The van der Waals surface area contributed by atoms with E-state index in [9.17, 15) is 35.9 Å². The Labute approximate surface area is 213 Å². The van der Waals surface area contributed by atoms with Crippen LogP contribution in [0.4, 0.5) is 32.0 Å². The number of rotatable bonds is 5. The minimum Gasteiger partial charge on any atom is -0.347 e. The lowest BCUT2D eigenvalue weighted by molar-refractivity contribution is -0.143. The molecule has 2 heterocycles. The molecular formula is C26H22F6N4O2. The maximum Gasteiger partial charge on any atom is 0.416 e. The lowest BCUT2D eigenvalue weighted by Crippen LogP contribution is -2.41. The van der Waals surface area contributed by atoms with Crippen molar-refractivity contribution < 1.29 is 35.9 Å². The maximum absolute atomic E-state index is 13.1. The average Bonchev–Trinajstić information content (AvgIpc) is 2.88. The minimum absolute atomic E-state index is 0.0385. The van der Waals surface area contributed by atoms with E-state index in [0.29, 0.717) is 12.1 Å². The van der Waals surface area contributed by atoms with E-state index in [4.69, 9.17) is 0 Å². The number of benzene rings is 1. The number of carbonyl (C=O) groups is 2. The SMILES string of the molecule is O=C(Nc1cc(C(F)(F)F)cc(C(F)(F)F)c1)c1cccc(C(=O)NC2CCCC[C@H]2c2cccnc2)n1. The highest BCUT2D eigenvalue weighted by atomic mass is 19.4. The Balaban J connectivity index is 1.52. The van der Waals surface area contributed by atoms with E-state index < -0.39 is 41.0 Å². The van der Waals surface area contributed by atoms with Gasteiger partial charge in [0.05, 0.1) is 11.1 Å². The van der Waals surface area contributed by atoms with Crippen LogP contribution in [0.2, 0.25) is 0 Å². The predicted octanol–water partition coefficient (Wildman–Crippen LogP) is 6.22. The van der Waals surface area contributed by atoms with E-state index in [-0.39, 0.29) is 29.4 Å². The van der Waals surface area contributed by atoms with E-state index in [1.54, 1.807) is 12.4 Å². The van der Waals surface area contributed by atoms with Crippen molar-refractivity contribution in [3.8, 4) is 0 Å². The fourth-order valence-electron chi connectivity index (χ4n) is 4.45. The number of anilines is 1. The number of carbonyl (C=O) groups excluding carboxylic acids is 2. The highest BCUT2D eigenvalue weighted by Gasteiger charge is 2.37. The van der Waals surface area contributed by atoms with Crippen molar-refractivity contribution in [2.45, 2.75) is 50.0 Å². The van der Waals surface area contributed by atoms with Crippen LogP contribution in [0, 0.1) is 0 Å². The molecule has 12 heteroatoms. The van der Waals surface area contributed by atoms with Crippen molar-refractivity contribution in [3.63, 3.8) is 0 Å². The molecule has 1 unspecified atom stereocenters. The Morgan fingerprint density at radius 2 is 1.45 bits per heavy atom. The first-order valence-electron chi connectivity index (χ1n) is 11.7. The summed E-state index contributed by atoms with van der Waals surface area (Å²) in [5, 5.41) is 4.96. The number of pyridine rings is 2. The first-order valence-corrected chi connectivity index (χ1v) is 11.7. The first kappa shape index (κ1) is 27.1. The van der Waals surface area contributed by atoms with Crippen LogP contribution in [0.15, 0.2) is 60.9 Å². The molecule has 2 aromatic heterocycles. The van der Waals surface area contributed by atoms with Crippen LogP contribution in [0.3, 0.4) is 0 Å². The van der Waals surface area contributed by atoms with E-state index in [2.05, 4.69) is 15.3 Å². The highest BCUT2D eigenvalue weighted by molar-refractivity contribution is 6.04. The van der Waals surface area contributed by atoms with Gasteiger partial charge in [0, 0.05) is 30.0 Å². The van der Waals surface area contributed by atoms with Gasteiger partial charge in [0.1, 0.15) is 11.4 Å². The molecule has 2 atom stereocenters. The third-order valence-corrected chi connectivity index (χ3v) is 6.25. The molecule has 1 aromatic carbocycles. The van der Waals surface area contributed by atoms with Crippen LogP contribution in [0.25, 0.3) is 0 Å². The van der Waals surface area contributed by atoms with E-state index >= 15 is 0 Å². The number of halogens is 6. The second-order valence-electron chi connectivity index (χ2n) is 8.91. The van der Waals surface area contributed by atoms with Crippen molar-refractivity contribution >= 4 is 17.5 Å². The van der Waals surface area contributed by atoms with Crippen LogP contribution in [-0.4, -0.2) is 27.8 Å². The molecule has 0 aliphatic heterocycles. The molecule has 38 heavy (non-hydrogen) atoms. The summed E-state index contributed by atoms with van der Waals surface area (Å²) in [4.78, 5) is 33.8. The van der Waals surface area contributed by atoms with E-state index in [0.717, 1.165) is 31.2 Å². The second kappa shape index (κ2) is 10.8. The van der Waals surface area contributed by atoms with Crippen LogP contribution in [0.1, 0.15) is 69.3 Å². The van der Waals surface area contributed by atoms with Gasteiger partial charge >= 0.3 is 12.4 Å². The van der Waals surface area contributed by atoms with Crippen LogP contribution < -0.4 is 10.6 Å². The Morgan fingerprint density at radius 3 is 2.05 bits per heavy atom. The fraction of sp³-hybridized carbons (Fsp3) is 0.308. The Hall–Kier alpha value is -3.96. The number of amides is 2. The van der Waals surface area contributed by atoms with Crippen molar-refractivity contribution in [2.75, 3.05) is 5.32 Å². The summed E-state index contributed by atoms with van der Waals surface area (Å²) in [5.41, 5.74) is -3.34. The molecule has 0 spiro atoms. The molecular weight excluding hydrogens is 514 g/mol. The number of alkyl halides is 6. The first-order chi connectivity index (χ1) is 17.9. The maximum atomic E-state index is 13.1. The molecule has 4 rings (SSSR count). The van der Waals surface area contributed by atoms with Crippen molar-refractivity contribution in [3.05, 3.63) is 89.0 Å². The molecule has 1 aliphatic rings. The standard InChI is InChI=1S/C26H22F6N4O2/c27-25(28,29)16-11-17(26(30,31)32)13-18(12-16)34-23(37)21-8-3-9-22(35-21)24(38)36-20-7-2-1-6-19(20)15-5-4-10-33-14-15/h3-5,8-14,19-20H,1-2,6-7H2,(H,34,37)(H,36,38)/t19-,20?/m0/s1. The number of nitrogens with zero attached hydrogens (tertiary/aromatic N) is 2. The van der Waals surface area contributed by atoms with Gasteiger partial charge in [-0.2, -0.15) is 26.3 Å². The summed E-state index contributed by atoms with van der Waals surface area (Å²) in [7, 11) is 0. The predicted molar refractivity (Wildman–Crippen MR) is 125 cm³/mol. The lowest BCUT2D eigenvalue weighted by atomic mass is 9.80. The van der Waals surface area contributed by atoms with Crippen molar-refractivity contribution in [2.24, 2.45) is 0 Å². The third-order valence-electron chi connectivity index (χ3n) is 6.25. The van der Waals surface area contributed by atoms with E-state index in [1.807, 2.05) is 17.4 Å². The summed E-state index contributed by atoms with van der Waals surface area (Å²) >= 11 is 0. The Morgan fingerprint density at radius 1 is 0.816 bits per heavy atom. The number of hydrogen-bond acceptors (Lipinski definition) is 4. The zero-order valence-electron chi connectivity index (χ0n) is 19.7. The molecule has 1 fully saturated rings. The topological polar surface area (TPSA) is 84.0 Å². The number of nitrogens with one attached hydrogen (secondary N) is 2. The van der Waals surface area contributed by atoms with Gasteiger partial charge in [-0.1, -0.05) is 25.0 Å². The molecule has 3 aromatic rings. The Bertz CT molecular complexity index is 1280. The van der Waals surface area contributed by atoms with Gasteiger partial charge in [-0.3, -0.25) is 14.6 Å². The molecule has 2 amide bonds. The second-order valence-corrected chi connectivity index (χ2v) is 8.91. The molecule has 1 aliphatic carbocycles. The molecule has 1 saturated carbocycles. The van der Waals surface area contributed by atoms with Gasteiger partial charge in [-0.15, -0.1) is 0 Å². The van der Waals surface area contributed by atoms with Gasteiger partial charge in [-0.25, -0.2) is 4.98 Å². The summed E-state index contributed by atoms with van der Waals surface area (Å²) in [6.07, 6.45) is -3.25. The largest absolute Gasteiger partial charge is 0.416 e. The molecule has 6 nitrogen and oxygen atoms in total. The van der Waals surface area contributed by atoms with Crippen LogP contribution in [0.5, 0.6) is 0 Å². The highest BCUT2D eigenvalue weighted by Crippen LogP contribution is 2.37. The van der Waals surface area contributed by atoms with Crippen LogP contribution >= 0.6 is 0 Å². The molecule has 0 bridgehead atoms. The molecule has 0 saturated heterocycles. The summed E-state index contributed by atoms with van der Waals surface area (Å²) < 4.78 is 78.8. The third kappa shape index (κ3) is 6.48. The van der Waals surface area contributed by atoms with Gasteiger partial charge in [0.15, 0.2) is 0 Å². The summed E-state index contributed by atoms with van der Waals surface area (Å²) in [5.74, 6) is -1.59. The zero-order chi connectivity index (χ0) is 27.5. The smallest absolute Gasteiger partial charge is 0.347 e. The van der Waals surface area contributed by atoms with E-state index in [1.165, 1.54) is 18.2 Å². The molecule has 2 N–H and O–H groups in total. The lowest BCUT2D eigenvalue weighted by Gasteiger charge is -2.32. The summed E-state index contributed by atoms with van der Waals surface area (Å²) in [6.45, 7) is 0. The monoisotopic (exact) mass is 536 g/mol. The van der Waals surface area contributed by atoms with Gasteiger partial charge in [0.2, 0.25) is 0 Å². The fourth-order valence-corrected chi connectivity index (χ4v) is 4.45. The normalized spacial score (nSPS) is 18.1. The zero-order valence-corrected chi connectivity index (χ0v) is 19.7. The quantitative estimate of drug-likeness (QED) is 0.379. The summed E-state index contributed by atoms with van der Waals surface area (Å²) in [6, 6.07) is 8.20. The Kier molecular flexibility index (Phi) is 7.70.